The van der Waals surface area contributed by atoms with Crippen LogP contribution in [0.15, 0.2) is 24.5 Å². The summed E-state index contributed by atoms with van der Waals surface area (Å²) in [6.45, 7) is 7.89. The third kappa shape index (κ3) is 4.04. The van der Waals surface area contributed by atoms with Crippen molar-refractivity contribution >= 4 is 0 Å². The molecule has 1 aromatic carbocycles. The van der Waals surface area contributed by atoms with Gasteiger partial charge in [-0.25, -0.2) is 0 Å². The van der Waals surface area contributed by atoms with E-state index in [2.05, 4.69) is 48.4 Å². The molecule has 0 aliphatic rings. The van der Waals surface area contributed by atoms with Gasteiger partial charge in [0.25, 0.3) is 0 Å². The Morgan fingerprint density at radius 3 is 2.81 bits per heavy atom. The molecule has 2 rings (SSSR count). The van der Waals surface area contributed by atoms with Gasteiger partial charge in [0.15, 0.2) is 5.82 Å². The number of rotatable bonds is 7. The second-order valence-electron chi connectivity index (χ2n) is 5.35. The van der Waals surface area contributed by atoms with Gasteiger partial charge in [-0.05, 0) is 44.0 Å². The van der Waals surface area contributed by atoms with Crippen LogP contribution in [0.3, 0.4) is 0 Å². The van der Waals surface area contributed by atoms with Gasteiger partial charge in [0.2, 0.25) is 0 Å². The molecule has 2 aromatic rings. The van der Waals surface area contributed by atoms with E-state index in [1.165, 1.54) is 5.56 Å². The van der Waals surface area contributed by atoms with E-state index in [0.29, 0.717) is 12.6 Å². The van der Waals surface area contributed by atoms with Crippen LogP contribution in [0, 0.1) is 6.92 Å². The normalized spacial score (nSPS) is 12.4. The first-order valence-corrected chi connectivity index (χ1v) is 7.41. The Kier molecular flexibility index (Phi) is 5.33. The first-order chi connectivity index (χ1) is 10.1. The van der Waals surface area contributed by atoms with Gasteiger partial charge in [-0.3, -0.25) is 0 Å². The molecule has 0 fully saturated rings. The molecular formula is C16H24N4O. The fourth-order valence-corrected chi connectivity index (χ4v) is 2.16. The molecule has 0 amide bonds. The Morgan fingerprint density at radius 2 is 2.19 bits per heavy atom. The molecule has 21 heavy (non-hydrogen) atoms. The molecular weight excluding hydrogens is 264 g/mol. The molecule has 1 unspecified atom stereocenters. The van der Waals surface area contributed by atoms with Crippen molar-refractivity contribution in [2.24, 2.45) is 7.05 Å². The number of nitrogens with zero attached hydrogens (tertiary/aromatic N) is 3. The van der Waals surface area contributed by atoms with Crippen molar-refractivity contribution in [1.82, 2.24) is 20.1 Å². The van der Waals surface area contributed by atoms with E-state index < -0.39 is 0 Å². The fraction of sp³-hybridized carbons (Fsp3) is 0.500. The van der Waals surface area contributed by atoms with Crippen LogP contribution in [0.5, 0.6) is 5.75 Å². The molecule has 0 saturated heterocycles. The summed E-state index contributed by atoms with van der Waals surface area (Å²) in [7, 11) is 1.91. The summed E-state index contributed by atoms with van der Waals surface area (Å²) in [4.78, 5) is 0. The minimum atomic E-state index is 0.358. The van der Waals surface area contributed by atoms with Crippen molar-refractivity contribution in [2.45, 2.75) is 39.8 Å². The van der Waals surface area contributed by atoms with Crippen molar-refractivity contribution in [2.75, 3.05) is 6.54 Å². The van der Waals surface area contributed by atoms with E-state index in [4.69, 9.17) is 4.74 Å². The summed E-state index contributed by atoms with van der Waals surface area (Å²) in [5, 5.41) is 11.4. The first-order valence-electron chi connectivity index (χ1n) is 7.41. The minimum absolute atomic E-state index is 0.358. The molecule has 1 atom stereocenters. The van der Waals surface area contributed by atoms with Gasteiger partial charge >= 0.3 is 0 Å². The molecule has 0 aliphatic carbocycles. The van der Waals surface area contributed by atoms with Gasteiger partial charge in [-0.1, -0.05) is 19.1 Å². The number of aromatic nitrogens is 3. The Hall–Kier alpha value is -1.88. The van der Waals surface area contributed by atoms with Gasteiger partial charge in [-0.2, -0.15) is 0 Å². The van der Waals surface area contributed by atoms with Crippen LogP contribution in [-0.2, 0) is 13.7 Å². The van der Waals surface area contributed by atoms with E-state index in [9.17, 15) is 0 Å². The fourth-order valence-electron chi connectivity index (χ4n) is 2.16. The molecule has 1 heterocycles. The zero-order chi connectivity index (χ0) is 15.2. The molecule has 5 nitrogen and oxygen atoms in total. The second kappa shape index (κ2) is 7.22. The predicted octanol–water partition coefficient (Wildman–Crippen LogP) is 2.76. The van der Waals surface area contributed by atoms with Gasteiger partial charge in [0.1, 0.15) is 18.7 Å². The average molecular weight is 288 g/mol. The predicted molar refractivity (Wildman–Crippen MR) is 83.2 cm³/mol. The van der Waals surface area contributed by atoms with Crippen molar-refractivity contribution in [3.05, 3.63) is 41.5 Å². The smallest absolute Gasteiger partial charge is 0.170 e. The standard InChI is InChI=1S/C16H24N4O/c1-5-8-17-13(3)14-6-7-15(12(2)9-14)21-10-16-19-18-11-20(16)4/h6-7,9,11,13,17H,5,8,10H2,1-4H3. The summed E-state index contributed by atoms with van der Waals surface area (Å²) in [5.74, 6) is 1.71. The third-order valence-corrected chi connectivity index (χ3v) is 3.56. The molecule has 0 saturated carbocycles. The highest BCUT2D eigenvalue weighted by molar-refractivity contribution is 5.37. The third-order valence-electron chi connectivity index (χ3n) is 3.56. The Morgan fingerprint density at radius 1 is 1.38 bits per heavy atom. The number of ether oxygens (including phenoxy) is 1. The number of nitrogens with one attached hydrogen (secondary N) is 1. The molecule has 1 aromatic heterocycles. The summed E-state index contributed by atoms with van der Waals surface area (Å²) < 4.78 is 7.70. The van der Waals surface area contributed by atoms with Gasteiger partial charge in [-0.15, -0.1) is 10.2 Å². The van der Waals surface area contributed by atoms with Crippen LogP contribution in [0.2, 0.25) is 0 Å². The summed E-state index contributed by atoms with van der Waals surface area (Å²) in [6.07, 6.45) is 2.82. The van der Waals surface area contributed by atoms with Crippen LogP contribution in [0.25, 0.3) is 0 Å². The van der Waals surface area contributed by atoms with Crippen LogP contribution >= 0.6 is 0 Å². The van der Waals surface area contributed by atoms with Crippen LogP contribution in [-0.4, -0.2) is 21.3 Å². The lowest BCUT2D eigenvalue weighted by atomic mass is 10.0. The monoisotopic (exact) mass is 288 g/mol. The lowest BCUT2D eigenvalue weighted by Gasteiger charge is -2.16. The zero-order valence-electron chi connectivity index (χ0n) is 13.3. The Bertz CT molecular complexity index is 579. The molecule has 1 N–H and O–H groups in total. The minimum Gasteiger partial charge on any atom is -0.485 e. The van der Waals surface area contributed by atoms with E-state index in [1.54, 1.807) is 6.33 Å². The highest BCUT2D eigenvalue weighted by Gasteiger charge is 2.08. The molecule has 114 valence electrons. The average Bonchev–Trinajstić information content (AvgIpc) is 2.88. The van der Waals surface area contributed by atoms with Gasteiger partial charge in [0.05, 0.1) is 0 Å². The van der Waals surface area contributed by atoms with E-state index in [1.807, 2.05) is 17.7 Å². The molecule has 0 bridgehead atoms. The number of hydrogen-bond acceptors (Lipinski definition) is 4. The van der Waals surface area contributed by atoms with Crippen LogP contribution in [0.1, 0.15) is 43.3 Å². The second-order valence-corrected chi connectivity index (χ2v) is 5.35. The highest BCUT2D eigenvalue weighted by Crippen LogP contribution is 2.23. The summed E-state index contributed by atoms with van der Waals surface area (Å²) >= 11 is 0. The summed E-state index contributed by atoms with van der Waals surface area (Å²) in [6, 6.07) is 6.69. The zero-order valence-corrected chi connectivity index (χ0v) is 13.3. The topological polar surface area (TPSA) is 52.0 Å². The lowest BCUT2D eigenvalue weighted by Crippen LogP contribution is -2.19. The Balaban J connectivity index is 2.00. The number of benzene rings is 1. The SMILES string of the molecule is CCCNC(C)c1ccc(OCc2nncn2C)c(C)c1. The first kappa shape index (κ1) is 15.5. The van der Waals surface area contributed by atoms with Crippen LogP contribution in [0.4, 0.5) is 0 Å². The number of hydrogen-bond donors (Lipinski definition) is 1. The molecule has 5 heteroatoms. The maximum Gasteiger partial charge on any atom is 0.170 e. The van der Waals surface area contributed by atoms with Crippen molar-refractivity contribution in [1.29, 1.82) is 0 Å². The van der Waals surface area contributed by atoms with Gasteiger partial charge < -0.3 is 14.6 Å². The van der Waals surface area contributed by atoms with E-state index in [0.717, 1.165) is 30.1 Å². The number of aryl methyl sites for hydroxylation is 2. The van der Waals surface area contributed by atoms with Crippen molar-refractivity contribution in [3.63, 3.8) is 0 Å². The maximum absolute atomic E-state index is 5.83. The van der Waals surface area contributed by atoms with Crippen LogP contribution < -0.4 is 10.1 Å². The summed E-state index contributed by atoms with van der Waals surface area (Å²) in [5.41, 5.74) is 2.42. The molecule has 0 radical (unpaired) electrons. The molecule has 0 spiro atoms. The molecule has 0 aliphatic heterocycles. The van der Waals surface area contributed by atoms with Crippen molar-refractivity contribution in [3.8, 4) is 5.75 Å². The maximum atomic E-state index is 5.83. The van der Waals surface area contributed by atoms with E-state index >= 15 is 0 Å². The van der Waals surface area contributed by atoms with Gasteiger partial charge in [0, 0.05) is 13.1 Å². The van der Waals surface area contributed by atoms with E-state index in [-0.39, 0.29) is 0 Å². The Labute approximate surface area is 126 Å². The quantitative estimate of drug-likeness (QED) is 0.851. The lowest BCUT2D eigenvalue weighted by molar-refractivity contribution is 0.289. The highest BCUT2D eigenvalue weighted by atomic mass is 16.5. The largest absolute Gasteiger partial charge is 0.485 e. The van der Waals surface area contributed by atoms with Crippen molar-refractivity contribution < 1.29 is 4.74 Å².